The zero-order chi connectivity index (χ0) is 17.4. The molecular formula is C18H24N2O4. The molecule has 2 amide bonds. The van der Waals surface area contributed by atoms with Crippen molar-refractivity contribution in [1.82, 2.24) is 10.6 Å². The van der Waals surface area contributed by atoms with Crippen LogP contribution in [0, 0.1) is 18.8 Å². The maximum absolute atomic E-state index is 12.5. The fourth-order valence-electron chi connectivity index (χ4n) is 3.81. The SMILES string of the molecule is CCOc1c(C)cc(C(=O)NC2C3CC(O)CC32)cc1C(=O)NC. The summed E-state index contributed by atoms with van der Waals surface area (Å²) in [4.78, 5) is 24.7. The lowest BCUT2D eigenvalue weighted by Crippen LogP contribution is -2.30. The van der Waals surface area contributed by atoms with Gasteiger partial charge in [0.15, 0.2) is 0 Å². The summed E-state index contributed by atoms with van der Waals surface area (Å²) in [5.74, 6) is 0.847. The highest BCUT2D eigenvalue weighted by Crippen LogP contribution is 2.52. The molecule has 0 bridgehead atoms. The van der Waals surface area contributed by atoms with Crippen LogP contribution in [0.2, 0.25) is 0 Å². The summed E-state index contributed by atoms with van der Waals surface area (Å²) in [6.45, 7) is 4.13. The van der Waals surface area contributed by atoms with Gasteiger partial charge in [0.05, 0.1) is 18.3 Å². The van der Waals surface area contributed by atoms with Crippen molar-refractivity contribution in [2.75, 3.05) is 13.7 Å². The first kappa shape index (κ1) is 16.8. The highest BCUT2D eigenvalue weighted by Gasteiger charge is 2.56. The predicted octanol–water partition coefficient (Wildman–Crippen LogP) is 1.25. The molecule has 0 aromatic heterocycles. The zero-order valence-electron chi connectivity index (χ0n) is 14.3. The summed E-state index contributed by atoms with van der Waals surface area (Å²) in [5.41, 5.74) is 1.59. The molecule has 2 aliphatic rings. The number of aliphatic hydroxyl groups excluding tert-OH is 1. The van der Waals surface area contributed by atoms with Gasteiger partial charge in [0.25, 0.3) is 11.8 Å². The summed E-state index contributed by atoms with van der Waals surface area (Å²) in [6, 6.07) is 3.48. The van der Waals surface area contributed by atoms with Crippen LogP contribution >= 0.6 is 0 Å². The van der Waals surface area contributed by atoms with Crippen LogP contribution in [0.3, 0.4) is 0 Å². The first-order chi connectivity index (χ1) is 11.5. The lowest BCUT2D eigenvalue weighted by Gasteiger charge is -2.15. The van der Waals surface area contributed by atoms with Crippen LogP contribution in [0.1, 0.15) is 46.0 Å². The fourth-order valence-corrected chi connectivity index (χ4v) is 3.81. The van der Waals surface area contributed by atoms with E-state index >= 15 is 0 Å². The van der Waals surface area contributed by atoms with E-state index in [4.69, 9.17) is 4.74 Å². The molecule has 2 saturated carbocycles. The number of carbonyl (C=O) groups is 2. The Kier molecular flexibility index (Phi) is 4.49. The molecule has 0 heterocycles. The molecule has 6 nitrogen and oxygen atoms in total. The molecule has 2 atom stereocenters. The van der Waals surface area contributed by atoms with Gasteiger partial charge in [-0.25, -0.2) is 0 Å². The van der Waals surface area contributed by atoms with E-state index in [0.29, 0.717) is 35.3 Å². The van der Waals surface area contributed by atoms with Crippen molar-refractivity contribution < 1.29 is 19.4 Å². The Morgan fingerprint density at radius 1 is 1.25 bits per heavy atom. The van der Waals surface area contributed by atoms with E-state index in [1.54, 1.807) is 19.2 Å². The minimum atomic E-state index is -0.275. The normalized spacial score (nSPS) is 27.3. The van der Waals surface area contributed by atoms with E-state index in [1.807, 2.05) is 13.8 Å². The molecule has 3 N–H and O–H groups in total. The molecule has 24 heavy (non-hydrogen) atoms. The first-order valence-electron chi connectivity index (χ1n) is 8.44. The Morgan fingerprint density at radius 3 is 2.50 bits per heavy atom. The van der Waals surface area contributed by atoms with Gasteiger partial charge in [0.2, 0.25) is 0 Å². The summed E-state index contributed by atoms with van der Waals surface area (Å²) in [5, 5.41) is 15.2. The Hall–Kier alpha value is -2.08. The van der Waals surface area contributed by atoms with Crippen molar-refractivity contribution in [3.63, 3.8) is 0 Å². The maximum atomic E-state index is 12.5. The zero-order valence-corrected chi connectivity index (χ0v) is 14.3. The number of benzene rings is 1. The summed E-state index contributed by atoms with van der Waals surface area (Å²) >= 11 is 0. The number of carbonyl (C=O) groups excluding carboxylic acids is 2. The quantitative estimate of drug-likeness (QED) is 0.757. The smallest absolute Gasteiger partial charge is 0.254 e. The van der Waals surface area contributed by atoms with Gasteiger partial charge in [-0.3, -0.25) is 9.59 Å². The molecule has 0 radical (unpaired) electrons. The number of aryl methyl sites for hydroxylation is 1. The van der Waals surface area contributed by atoms with Crippen LogP contribution in [0.15, 0.2) is 12.1 Å². The number of ether oxygens (including phenoxy) is 1. The van der Waals surface area contributed by atoms with Crippen LogP contribution in [0.4, 0.5) is 0 Å². The largest absolute Gasteiger partial charge is 0.493 e. The second kappa shape index (κ2) is 6.43. The molecule has 6 heteroatoms. The predicted molar refractivity (Wildman–Crippen MR) is 89.2 cm³/mol. The van der Waals surface area contributed by atoms with Crippen molar-refractivity contribution in [2.45, 2.75) is 38.8 Å². The molecule has 2 unspecified atom stereocenters. The molecule has 130 valence electrons. The number of amides is 2. The van der Waals surface area contributed by atoms with Crippen molar-refractivity contribution in [3.05, 3.63) is 28.8 Å². The third-order valence-corrected chi connectivity index (χ3v) is 5.02. The highest BCUT2D eigenvalue weighted by molar-refractivity contribution is 6.02. The van der Waals surface area contributed by atoms with Gasteiger partial charge in [-0.1, -0.05) is 0 Å². The third-order valence-electron chi connectivity index (χ3n) is 5.02. The minimum absolute atomic E-state index is 0.149. The topological polar surface area (TPSA) is 87.7 Å². The monoisotopic (exact) mass is 332 g/mol. The van der Waals surface area contributed by atoms with E-state index in [-0.39, 0.29) is 24.0 Å². The standard InChI is InChI=1S/C18H24N2O4/c1-4-24-16-9(2)5-10(6-14(16)18(23)19-3)17(22)20-15-12-7-11(21)8-13(12)15/h5-6,11-13,15,21H,4,7-8H2,1-3H3,(H,19,23)(H,20,22). The van der Waals surface area contributed by atoms with Crippen LogP contribution < -0.4 is 15.4 Å². The Labute approximate surface area is 141 Å². The van der Waals surface area contributed by atoms with E-state index < -0.39 is 0 Å². The molecular weight excluding hydrogens is 308 g/mol. The number of aliphatic hydroxyl groups is 1. The first-order valence-corrected chi connectivity index (χ1v) is 8.44. The Balaban J connectivity index is 1.79. The van der Waals surface area contributed by atoms with Crippen molar-refractivity contribution >= 4 is 11.8 Å². The van der Waals surface area contributed by atoms with Gasteiger partial charge in [-0.2, -0.15) is 0 Å². The van der Waals surface area contributed by atoms with Crippen molar-refractivity contribution in [3.8, 4) is 5.75 Å². The lowest BCUT2D eigenvalue weighted by atomic mass is 10.0. The van der Waals surface area contributed by atoms with Gasteiger partial charge < -0.3 is 20.5 Å². The molecule has 1 aromatic rings. The van der Waals surface area contributed by atoms with Crippen molar-refractivity contribution in [1.29, 1.82) is 0 Å². The third kappa shape index (κ3) is 2.98. The van der Waals surface area contributed by atoms with Gasteiger partial charge in [0, 0.05) is 18.7 Å². The second-order valence-electron chi connectivity index (χ2n) is 6.63. The second-order valence-corrected chi connectivity index (χ2v) is 6.63. The summed E-state index contributed by atoms with van der Waals surface area (Å²) in [6.07, 6.45) is 1.31. The molecule has 2 aliphatic carbocycles. The maximum Gasteiger partial charge on any atom is 0.254 e. The van der Waals surface area contributed by atoms with Gasteiger partial charge >= 0.3 is 0 Å². The molecule has 0 spiro atoms. The number of hydrogen-bond acceptors (Lipinski definition) is 4. The lowest BCUT2D eigenvalue weighted by molar-refractivity contribution is 0.0937. The number of fused-ring (bicyclic) bond motifs is 1. The van der Waals surface area contributed by atoms with Gasteiger partial charge in [-0.05, 0) is 56.2 Å². The van der Waals surface area contributed by atoms with Crippen molar-refractivity contribution in [2.24, 2.45) is 11.8 Å². The average molecular weight is 332 g/mol. The Bertz CT molecular complexity index is 661. The van der Waals surface area contributed by atoms with Crippen LogP contribution in [-0.2, 0) is 0 Å². The number of rotatable bonds is 5. The molecule has 2 fully saturated rings. The number of nitrogens with one attached hydrogen (secondary N) is 2. The van der Waals surface area contributed by atoms with Crippen LogP contribution in [-0.4, -0.2) is 42.7 Å². The van der Waals surface area contributed by atoms with E-state index in [0.717, 1.165) is 18.4 Å². The van der Waals surface area contributed by atoms with E-state index in [9.17, 15) is 14.7 Å². The Morgan fingerprint density at radius 2 is 1.92 bits per heavy atom. The van der Waals surface area contributed by atoms with E-state index in [2.05, 4.69) is 10.6 Å². The molecule has 3 rings (SSSR count). The van der Waals surface area contributed by atoms with Gasteiger partial charge in [-0.15, -0.1) is 0 Å². The van der Waals surface area contributed by atoms with Crippen LogP contribution in [0.25, 0.3) is 0 Å². The minimum Gasteiger partial charge on any atom is -0.493 e. The molecule has 0 saturated heterocycles. The molecule has 1 aromatic carbocycles. The number of hydrogen-bond donors (Lipinski definition) is 3. The fraction of sp³-hybridized carbons (Fsp3) is 0.556. The highest BCUT2D eigenvalue weighted by atomic mass is 16.5. The average Bonchev–Trinajstić information content (AvgIpc) is 3.00. The van der Waals surface area contributed by atoms with Crippen LogP contribution in [0.5, 0.6) is 5.75 Å². The molecule has 0 aliphatic heterocycles. The van der Waals surface area contributed by atoms with E-state index in [1.165, 1.54) is 0 Å². The van der Waals surface area contributed by atoms with Gasteiger partial charge in [0.1, 0.15) is 5.75 Å². The summed E-state index contributed by atoms with van der Waals surface area (Å²) in [7, 11) is 1.55. The summed E-state index contributed by atoms with van der Waals surface area (Å²) < 4.78 is 5.57.